The SMILES string of the molecule is COc1cc(C)ccc1C(=O)N[C@@]1(c2ccccc2)CCNC[C@H]1O.Cl. The molecule has 1 saturated heterocycles. The highest BCUT2D eigenvalue weighted by Crippen LogP contribution is 2.32. The monoisotopic (exact) mass is 376 g/mol. The number of amides is 1. The van der Waals surface area contributed by atoms with Crippen LogP contribution in [0, 0.1) is 6.92 Å². The Morgan fingerprint density at radius 2 is 2.00 bits per heavy atom. The molecule has 2 aromatic carbocycles. The fourth-order valence-corrected chi connectivity index (χ4v) is 3.41. The van der Waals surface area contributed by atoms with Gasteiger partial charge in [-0.15, -0.1) is 12.4 Å². The molecular formula is C20H25ClN2O3. The third kappa shape index (κ3) is 3.85. The summed E-state index contributed by atoms with van der Waals surface area (Å²) < 4.78 is 5.37. The molecule has 0 saturated carbocycles. The Bertz CT molecular complexity index is 754. The van der Waals surface area contributed by atoms with Gasteiger partial charge in [0.15, 0.2) is 0 Å². The maximum absolute atomic E-state index is 13.0. The zero-order valence-corrected chi connectivity index (χ0v) is 15.8. The van der Waals surface area contributed by atoms with Crippen molar-refractivity contribution in [2.75, 3.05) is 20.2 Å². The van der Waals surface area contributed by atoms with E-state index in [1.807, 2.05) is 49.4 Å². The van der Waals surface area contributed by atoms with E-state index in [0.29, 0.717) is 24.3 Å². The number of nitrogens with one attached hydrogen (secondary N) is 2. The molecule has 3 N–H and O–H groups in total. The van der Waals surface area contributed by atoms with Crippen LogP contribution in [-0.2, 0) is 5.54 Å². The highest BCUT2D eigenvalue weighted by atomic mass is 35.5. The summed E-state index contributed by atoms with van der Waals surface area (Å²) in [5, 5.41) is 17.0. The van der Waals surface area contributed by atoms with Crippen LogP contribution in [0.1, 0.15) is 27.9 Å². The summed E-state index contributed by atoms with van der Waals surface area (Å²) in [6.45, 7) is 3.10. The predicted octanol–water partition coefficient (Wildman–Crippen LogP) is 2.40. The van der Waals surface area contributed by atoms with E-state index in [2.05, 4.69) is 10.6 Å². The number of aryl methyl sites for hydroxylation is 1. The number of aliphatic hydroxyl groups excluding tert-OH is 1. The maximum Gasteiger partial charge on any atom is 0.255 e. The average Bonchev–Trinajstić information content (AvgIpc) is 2.64. The number of hydrogen-bond donors (Lipinski definition) is 3. The van der Waals surface area contributed by atoms with Crippen LogP contribution >= 0.6 is 12.4 Å². The molecule has 1 heterocycles. The van der Waals surface area contributed by atoms with E-state index in [-0.39, 0.29) is 18.3 Å². The summed E-state index contributed by atoms with van der Waals surface area (Å²) >= 11 is 0. The Kier molecular flexibility index (Phi) is 6.64. The number of carbonyl (C=O) groups is 1. The fraction of sp³-hybridized carbons (Fsp3) is 0.350. The quantitative estimate of drug-likeness (QED) is 0.766. The van der Waals surface area contributed by atoms with Crippen molar-refractivity contribution in [1.82, 2.24) is 10.6 Å². The topological polar surface area (TPSA) is 70.6 Å². The van der Waals surface area contributed by atoms with Gasteiger partial charge < -0.3 is 20.5 Å². The summed E-state index contributed by atoms with van der Waals surface area (Å²) in [6, 6.07) is 15.1. The first-order chi connectivity index (χ1) is 12.1. The van der Waals surface area contributed by atoms with E-state index >= 15 is 0 Å². The van der Waals surface area contributed by atoms with Crippen molar-refractivity contribution in [2.24, 2.45) is 0 Å². The summed E-state index contributed by atoms with van der Waals surface area (Å²) in [5.41, 5.74) is 1.57. The average molecular weight is 377 g/mol. The lowest BCUT2D eigenvalue weighted by Gasteiger charge is -2.43. The Balaban J connectivity index is 0.00000243. The fourth-order valence-electron chi connectivity index (χ4n) is 3.41. The van der Waals surface area contributed by atoms with Crippen molar-refractivity contribution in [3.05, 3.63) is 65.2 Å². The highest BCUT2D eigenvalue weighted by Gasteiger charge is 2.43. The zero-order valence-electron chi connectivity index (χ0n) is 15.0. The second-order valence-electron chi connectivity index (χ2n) is 6.47. The van der Waals surface area contributed by atoms with Crippen LogP contribution in [-0.4, -0.2) is 37.3 Å². The first kappa shape index (κ1) is 20.2. The Morgan fingerprint density at radius 3 is 2.65 bits per heavy atom. The minimum atomic E-state index is -0.820. The number of carbonyl (C=O) groups excluding carboxylic acids is 1. The van der Waals surface area contributed by atoms with Crippen molar-refractivity contribution in [3.8, 4) is 5.75 Å². The lowest BCUT2D eigenvalue weighted by Crippen LogP contribution is -2.61. The normalized spacial score (nSPS) is 22.2. The van der Waals surface area contributed by atoms with Crippen molar-refractivity contribution in [2.45, 2.75) is 25.0 Å². The number of piperidine rings is 1. The number of rotatable bonds is 4. The predicted molar refractivity (Wildman–Crippen MR) is 104 cm³/mol. The van der Waals surface area contributed by atoms with Crippen LogP contribution in [0.3, 0.4) is 0 Å². The molecule has 140 valence electrons. The molecule has 0 aliphatic carbocycles. The van der Waals surface area contributed by atoms with Gasteiger partial charge in [-0.25, -0.2) is 0 Å². The minimum Gasteiger partial charge on any atom is -0.496 e. The summed E-state index contributed by atoms with van der Waals surface area (Å²) in [5.74, 6) is 0.283. The molecule has 1 aliphatic heterocycles. The van der Waals surface area contributed by atoms with Gasteiger partial charge in [0.25, 0.3) is 5.91 Å². The van der Waals surface area contributed by atoms with Gasteiger partial charge in [0.05, 0.1) is 24.3 Å². The van der Waals surface area contributed by atoms with Crippen LogP contribution in [0.25, 0.3) is 0 Å². The molecule has 0 bridgehead atoms. The third-order valence-electron chi connectivity index (χ3n) is 4.83. The van der Waals surface area contributed by atoms with E-state index in [1.165, 1.54) is 0 Å². The van der Waals surface area contributed by atoms with Gasteiger partial charge in [0, 0.05) is 6.54 Å². The van der Waals surface area contributed by atoms with E-state index in [9.17, 15) is 9.90 Å². The molecule has 1 fully saturated rings. The summed E-state index contributed by atoms with van der Waals surface area (Å²) in [4.78, 5) is 13.0. The van der Waals surface area contributed by atoms with Crippen molar-refractivity contribution in [3.63, 3.8) is 0 Å². The molecule has 0 unspecified atom stereocenters. The van der Waals surface area contributed by atoms with Crippen LogP contribution in [0.4, 0.5) is 0 Å². The van der Waals surface area contributed by atoms with Crippen LogP contribution in [0.2, 0.25) is 0 Å². The Morgan fingerprint density at radius 1 is 1.27 bits per heavy atom. The number of ether oxygens (including phenoxy) is 1. The Labute approximate surface area is 160 Å². The lowest BCUT2D eigenvalue weighted by molar-refractivity contribution is 0.0289. The third-order valence-corrected chi connectivity index (χ3v) is 4.83. The number of benzene rings is 2. The second kappa shape index (κ2) is 8.54. The lowest BCUT2D eigenvalue weighted by atomic mass is 9.79. The van der Waals surface area contributed by atoms with Crippen LogP contribution < -0.4 is 15.4 Å². The minimum absolute atomic E-state index is 0. The zero-order chi connectivity index (χ0) is 17.9. The molecule has 0 radical (unpaired) electrons. The standard InChI is InChI=1S/C20H24N2O3.ClH/c1-14-8-9-16(17(12-14)25-2)19(24)22-20(10-11-21-13-18(20)23)15-6-4-3-5-7-15;/h3-9,12,18,21,23H,10-11,13H2,1-2H3,(H,22,24);1H/t18-,20-;/m1./s1. The van der Waals surface area contributed by atoms with Gasteiger partial charge >= 0.3 is 0 Å². The maximum atomic E-state index is 13.0. The van der Waals surface area contributed by atoms with Crippen molar-refractivity contribution >= 4 is 18.3 Å². The van der Waals surface area contributed by atoms with E-state index in [0.717, 1.165) is 17.7 Å². The molecule has 0 aromatic heterocycles. The number of halogens is 1. The van der Waals surface area contributed by atoms with Crippen molar-refractivity contribution < 1.29 is 14.6 Å². The number of hydrogen-bond acceptors (Lipinski definition) is 4. The molecule has 3 rings (SSSR count). The van der Waals surface area contributed by atoms with E-state index in [4.69, 9.17) is 4.74 Å². The van der Waals surface area contributed by atoms with E-state index in [1.54, 1.807) is 13.2 Å². The molecule has 2 aromatic rings. The highest BCUT2D eigenvalue weighted by molar-refractivity contribution is 5.97. The molecule has 26 heavy (non-hydrogen) atoms. The van der Waals surface area contributed by atoms with Gasteiger partial charge in [-0.2, -0.15) is 0 Å². The van der Waals surface area contributed by atoms with Crippen molar-refractivity contribution in [1.29, 1.82) is 0 Å². The summed E-state index contributed by atoms with van der Waals surface area (Å²) in [6.07, 6.45) is -0.109. The van der Waals surface area contributed by atoms with Crippen LogP contribution in [0.5, 0.6) is 5.75 Å². The summed E-state index contributed by atoms with van der Waals surface area (Å²) in [7, 11) is 1.55. The van der Waals surface area contributed by atoms with Crippen LogP contribution in [0.15, 0.2) is 48.5 Å². The van der Waals surface area contributed by atoms with Gasteiger partial charge in [-0.1, -0.05) is 36.4 Å². The molecule has 6 heteroatoms. The first-order valence-electron chi connectivity index (χ1n) is 8.48. The smallest absolute Gasteiger partial charge is 0.255 e. The molecule has 2 atom stereocenters. The molecule has 5 nitrogen and oxygen atoms in total. The number of methoxy groups -OCH3 is 1. The largest absolute Gasteiger partial charge is 0.496 e. The number of β-amino-alcohol motifs (C(OH)–C–C–N with tert-alkyl or cyclic N) is 1. The molecular weight excluding hydrogens is 352 g/mol. The molecule has 1 amide bonds. The first-order valence-corrected chi connectivity index (χ1v) is 8.48. The van der Waals surface area contributed by atoms with E-state index < -0.39 is 11.6 Å². The molecule has 0 spiro atoms. The molecule has 1 aliphatic rings. The number of aliphatic hydroxyl groups is 1. The van der Waals surface area contributed by atoms with Gasteiger partial charge in [0.1, 0.15) is 5.75 Å². The second-order valence-corrected chi connectivity index (χ2v) is 6.47. The van der Waals surface area contributed by atoms with Gasteiger partial charge in [0.2, 0.25) is 0 Å². The Hall–Kier alpha value is -2.08. The van der Waals surface area contributed by atoms with Gasteiger partial charge in [-0.05, 0) is 43.1 Å². The van der Waals surface area contributed by atoms with Gasteiger partial charge in [-0.3, -0.25) is 4.79 Å².